The van der Waals surface area contributed by atoms with Gasteiger partial charge in [-0.05, 0) is 48.9 Å². The zero-order valence-electron chi connectivity index (χ0n) is 14.1. The van der Waals surface area contributed by atoms with Crippen molar-refractivity contribution < 1.29 is 9.13 Å². The molecule has 3 aromatic rings. The Balaban J connectivity index is 1.69. The van der Waals surface area contributed by atoms with Crippen molar-refractivity contribution in [1.82, 2.24) is 9.97 Å². The van der Waals surface area contributed by atoms with E-state index < -0.39 is 0 Å². The number of ether oxygens (including phenoxy) is 1. The van der Waals surface area contributed by atoms with Gasteiger partial charge in [0.15, 0.2) is 0 Å². The number of halogens is 1. The van der Waals surface area contributed by atoms with Gasteiger partial charge in [-0.25, -0.2) is 9.37 Å². The van der Waals surface area contributed by atoms with Crippen LogP contribution < -0.4 is 15.4 Å². The van der Waals surface area contributed by atoms with Crippen LogP contribution >= 0.6 is 0 Å². The van der Waals surface area contributed by atoms with Gasteiger partial charge in [0.25, 0.3) is 0 Å². The van der Waals surface area contributed by atoms with E-state index in [-0.39, 0.29) is 5.82 Å². The number of rotatable bonds is 6. The van der Waals surface area contributed by atoms with Crippen molar-refractivity contribution in [3.8, 4) is 5.75 Å². The first-order chi connectivity index (χ1) is 12.1. The normalized spacial score (nSPS) is 10.4. The molecule has 0 aliphatic rings. The van der Waals surface area contributed by atoms with E-state index in [2.05, 4.69) is 20.6 Å². The Bertz CT molecular complexity index is 835. The number of benzene rings is 2. The summed E-state index contributed by atoms with van der Waals surface area (Å²) in [6, 6.07) is 15.8. The van der Waals surface area contributed by atoms with Crippen LogP contribution in [0.4, 0.5) is 21.8 Å². The lowest BCUT2D eigenvalue weighted by Crippen LogP contribution is -2.06. The molecule has 0 fully saturated rings. The van der Waals surface area contributed by atoms with Crippen LogP contribution in [0.1, 0.15) is 11.3 Å². The van der Waals surface area contributed by atoms with E-state index in [1.54, 1.807) is 19.2 Å². The first kappa shape index (κ1) is 16.7. The van der Waals surface area contributed by atoms with Crippen molar-refractivity contribution >= 4 is 17.5 Å². The van der Waals surface area contributed by atoms with E-state index in [0.717, 1.165) is 22.7 Å². The fraction of sp³-hybridized carbons (Fsp3) is 0.158. The maximum atomic E-state index is 13.0. The molecule has 0 saturated carbocycles. The number of aryl methyl sites for hydroxylation is 1. The highest BCUT2D eigenvalue weighted by Gasteiger charge is 2.04. The van der Waals surface area contributed by atoms with Crippen molar-refractivity contribution in [2.45, 2.75) is 13.5 Å². The third-order valence-corrected chi connectivity index (χ3v) is 3.58. The quantitative estimate of drug-likeness (QED) is 0.702. The Morgan fingerprint density at radius 2 is 1.72 bits per heavy atom. The summed E-state index contributed by atoms with van der Waals surface area (Å²) in [4.78, 5) is 8.84. The molecule has 5 nitrogen and oxygen atoms in total. The number of methoxy groups -OCH3 is 1. The van der Waals surface area contributed by atoms with E-state index in [4.69, 9.17) is 4.74 Å². The molecule has 2 aromatic carbocycles. The van der Waals surface area contributed by atoms with Gasteiger partial charge in [-0.15, -0.1) is 0 Å². The molecule has 0 aliphatic heterocycles. The minimum atomic E-state index is -0.272. The number of anilines is 3. The zero-order chi connectivity index (χ0) is 17.6. The molecular formula is C19H19FN4O. The van der Waals surface area contributed by atoms with Gasteiger partial charge in [-0.2, -0.15) is 4.98 Å². The van der Waals surface area contributed by atoms with Crippen LogP contribution in [0.25, 0.3) is 0 Å². The molecule has 1 heterocycles. The molecule has 0 spiro atoms. The summed E-state index contributed by atoms with van der Waals surface area (Å²) in [7, 11) is 1.64. The van der Waals surface area contributed by atoms with Crippen LogP contribution in [0.15, 0.2) is 54.6 Å². The van der Waals surface area contributed by atoms with Gasteiger partial charge in [0.2, 0.25) is 5.95 Å². The van der Waals surface area contributed by atoms with Gasteiger partial charge in [0, 0.05) is 24.0 Å². The van der Waals surface area contributed by atoms with Crippen LogP contribution in [0, 0.1) is 12.7 Å². The molecular weight excluding hydrogens is 319 g/mol. The van der Waals surface area contributed by atoms with Crippen molar-refractivity contribution in [2.24, 2.45) is 0 Å². The van der Waals surface area contributed by atoms with E-state index in [1.807, 2.05) is 37.3 Å². The second-order valence-electron chi connectivity index (χ2n) is 5.55. The van der Waals surface area contributed by atoms with Gasteiger partial charge in [0.05, 0.1) is 7.11 Å². The lowest BCUT2D eigenvalue weighted by atomic mass is 10.2. The second kappa shape index (κ2) is 7.61. The first-order valence-electron chi connectivity index (χ1n) is 7.87. The van der Waals surface area contributed by atoms with Crippen molar-refractivity contribution in [2.75, 3.05) is 17.7 Å². The standard InChI is InChI=1S/C19H19FN4O/c1-13-11-18(23-16-7-5-15(20)6-8-16)24-19(22-13)21-12-14-3-9-17(25-2)10-4-14/h3-11H,12H2,1-2H3,(H2,21,22,23,24). The van der Waals surface area contributed by atoms with Crippen molar-refractivity contribution in [3.05, 3.63) is 71.7 Å². The molecule has 3 rings (SSSR count). The number of nitrogens with zero attached hydrogens (tertiary/aromatic N) is 2. The summed E-state index contributed by atoms with van der Waals surface area (Å²) in [6.45, 7) is 2.50. The average molecular weight is 338 g/mol. The third-order valence-electron chi connectivity index (χ3n) is 3.58. The summed E-state index contributed by atoms with van der Waals surface area (Å²) in [5.41, 5.74) is 2.69. The van der Waals surface area contributed by atoms with E-state index in [1.165, 1.54) is 12.1 Å². The molecule has 2 N–H and O–H groups in total. The van der Waals surface area contributed by atoms with Gasteiger partial charge in [0.1, 0.15) is 17.4 Å². The fourth-order valence-electron chi connectivity index (χ4n) is 2.32. The fourth-order valence-corrected chi connectivity index (χ4v) is 2.32. The molecule has 0 radical (unpaired) electrons. The molecule has 0 atom stereocenters. The summed E-state index contributed by atoms with van der Waals surface area (Å²) in [6.07, 6.45) is 0. The monoisotopic (exact) mass is 338 g/mol. The van der Waals surface area contributed by atoms with Crippen LogP contribution in [-0.4, -0.2) is 17.1 Å². The van der Waals surface area contributed by atoms with Gasteiger partial charge in [-0.3, -0.25) is 0 Å². The number of nitrogens with one attached hydrogen (secondary N) is 2. The first-order valence-corrected chi connectivity index (χ1v) is 7.87. The van der Waals surface area contributed by atoms with Crippen molar-refractivity contribution in [3.63, 3.8) is 0 Å². The highest BCUT2D eigenvalue weighted by molar-refractivity contribution is 5.57. The minimum Gasteiger partial charge on any atom is -0.497 e. The lowest BCUT2D eigenvalue weighted by molar-refractivity contribution is 0.414. The maximum absolute atomic E-state index is 13.0. The Morgan fingerprint density at radius 3 is 2.40 bits per heavy atom. The second-order valence-corrected chi connectivity index (χ2v) is 5.55. The SMILES string of the molecule is COc1ccc(CNc2nc(C)cc(Nc3ccc(F)cc3)n2)cc1. The molecule has 128 valence electrons. The molecule has 1 aromatic heterocycles. The number of aromatic nitrogens is 2. The van der Waals surface area contributed by atoms with Crippen LogP contribution in [0.5, 0.6) is 5.75 Å². The van der Waals surface area contributed by atoms with Crippen LogP contribution in [-0.2, 0) is 6.54 Å². The zero-order valence-corrected chi connectivity index (χ0v) is 14.1. The average Bonchev–Trinajstić information content (AvgIpc) is 2.62. The Labute approximate surface area is 145 Å². The summed E-state index contributed by atoms with van der Waals surface area (Å²) in [5.74, 6) is 1.73. The highest BCUT2D eigenvalue weighted by atomic mass is 19.1. The largest absolute Gasteiger partial charge is 0.497 e. The summed E-state index contributed by atoms with van der Waals surface area (Å²) >= 11 is 0. The molecule has 0 bridgehead atoms. The molecule has 6 heteroatoms. The van der Waals surface area contributed by atoms with E-state index >= 15 is 0 Å². The predicted octanol–water partition coefficient (Wildman–Crippen LogP) is 4.29. The predicted molar refractivity (Wildman–Crippen MR) is 96.8 cm³/mol. The summed E-state index contributed by atoms with van der Waals surface area (Å²) in [5, 5.41) is 6.36. The van der Waals surface area contributed by atoms with Gasteiger partial charge in [-0.1, -0.05) is 12.1 Å². The molecule has 0 unspecified atom stereocenters. The van der Waals surface area contributed by atoms with Gasteiger partial charge >= 0.3 is 0 Å². The molecule has 0 saturated heterocycles. The molecule has 0 amide bonds. The topological polar surface area (TPSA) is 59.1 Å². The highest BCUT2D eigenvalue weighted by Crippen LogP contribution is 2.18. The molecule has 0 aliphatic carbocycles. The third kappa shape index (κ3) is 4.67. The van der Waals surface area contributed by atoms with E-state index in [9.17, 15) is 4.39 Å². The Hall–Kier alpha value is -3.15. The van der Waals surface area contributed by atoms with E-state index in [0.29, 0.717) is 18.3 Å². The van der Waals surface area contributed by atoms with Crippen molar-refractivity contribution in [1.29, 1.82) is 0 Å². The van der Waals surface area contributed by atoms with Crippen LogP contribution in [0.3, 0.4) is 0 Å². The van der Waals surface area contributed by atoms with Gasteiger partial charge < -0.3 is 15.4 Å². The lowest BCUT2D eigenvalue weighted by Gasteiger charge is -2.10. The summed E-state index contributed by atoms with van der Waals surface area (Å²) < 4.78 is 18.1. The number of hydrogen-bond donors (Lipinski definition) is 2. The Kier molecular flexibility index (Phi) is 5.09. The smallest absolute Gasteiger partial charge is 0.225 e. The number of hydrogen-bond acceptors (Lipinski definition) is 5. The van der Waals surface area contributed by atoms with Crippen LogP contribution in [0.2, 0.25) is 0 Å². The minimum absolute atomic E-state index is 0.272. The maximum Gasteiger partial charge on any atom is 0.225 e. The molecule has 25 heavy (non-hydrogen) atoms. The Morgan fingerprint density at radius 1 is 1.00 bits per heavy atom.